The van der Waals surface area contributed by atoms with Crippen LogP contribution in [0.3, 0.4) is 0 Å². The molecule has 0 aliphatic heterocycles. The van der Waals surface area contributed by atoms with Crippen LogP contribution in [0.1, 0.15) is 61.0 Å². The standard InChI is InChI=1S/C26H33N3O4/c1-19(2)29(26(32)21-13-11-20(12-14-21)23(16-27)17-28)18-22-8-5-6-9-24(22)33-15-7-3-4-10-25(30)31/h5-6,8-9,11-14,16-17,19,27H,3-4,7,10,15,18,28H2,1-2H3,(H,30,31)/b23-17+,27-16?. The number of nitrogens with two attached hydrogens (primary N) is 1. The number of amides is 1. The number of para-hydroxylation sites is 1. The van der Waals surface area contributed by atoms with Gasteiger partial charge in [0.15, 0.2) is 0 Å². The van der Waals surface area contributed by atoms with Crippen molar-refractivity contribution in [3.63, 3.8) is 0 Å². The van der Waals surface area contributed by atoms with E-state index in [-0.39, 0.29) is 18.4 Å². The third-order valence-corrected chi connectivity index (χ3v) is 5.29. The highest BCUT2D eigenvalue weighted by molar-refractivity contribution is 6.08. The lowest BCUT2D eigenvalue weighted by Crippen LogP contribution is -2.36. The number of nitrogens with one attached hydrogen (secondary N) is 1. The first-order valence-electron chi connectivity index (χ1n) is 11.1. The lowest BCUT2D eigenvalue weighted by atomic mass is 10.0. The number of carboxylic acid groups (broad SMARTS) is 1. The van der Waals surface area contributed by atoms with E-state index in [9.17, 15) is 9.59 Å². The molecule has 2 aromatic carbocycles. The number of allylic oxidation sites excluding steroid dienone is 1. The second-order valence-electron chi connectivity index (χ2n) is 8.03. The van der Waals surface area contributed by atoms with Gasteiger partial charge in [-0.3, -0.25) is 9.59 Å². The predicted molar refractivity (Wildman–Crippen MR) is 130 cm³/mol. The number of nitrogens with zero attached hydrogens (tertiary/aromatic N) is 1. The molecular formula is C26H33N3O4. The highest BCUT2D eigenvalue weighted by atomic mass is 16.5. The molecule has 1 amide bonds. The SMILES string of the molecule is CC(C)N(Cc1ccccc1OCCCCCC(=O)O)C(=O)c1ccc(/C(C=N)=C/N)cc1. The second-order valence-corrected chi connectivity index (χ2v) is 8.03. The number of ether oxygens (including phenoxy) is 1. The maximum Gasteiger partial charge on any atom is 0.303 e. The Labute approximate surface area is 195 Å². The van der Waals surface area contributed by atoms with E-state index in [1.165, 1.54) is 12.4 Å². The van der Waals surface area contributed by atoms with E-state index in [0.29, 0.717) is 30.7 Å². The molecule has 7 nitrogen and oxygen atoms in total. The molecule has 0 saturated heterocycles. The minimum absolute atomic E-state index is 0.0256. The molecule has 0 atom stereocenters. The van der Waals surface area contributed by atoms with Crippen LogP contribution in [0, 0.1) is 5.41 Å². The number of carbonyl (C=O) groups excluding carboxylic acids is 1. The Morgan fingerprint density at radius 1 is 1.06 bits per heavy atom. The van der Waals surface area contributed by atoms with Gasteiger partial charge in [-0.15, -0.1) is 0 Å². The minimum atomic E-state index is -0.777. The zero-order valence-corrected chi connectivity index (χ0v) is 19.3. The van der Waals surface area contributed by atoms with Crippen LogP contribution in [-0.2, 0) is 11.3 Å². The second kappa shape index (κ2) is 13.1. The summed E-state index contributed by atoms with van der Waals surface area (Å²) >= 11 is 0. The van der Waals surface area contributed by atoms with E-state index in [2.05, 4.69) is 0 Å². The van der Waals surface area contributed by atoms with Crippen LogP contribution in [-0.4, -0.2) is 40.7 Å². The van der Waals surface area contributed by atoms with E-state index in [0.717, 1.165) is 29.7 Å². The summed E-state index contributed by atoms with van der Waals surface area (Å²) in [6.07, 6.45) is 4.93. The van der Waals surface area contributed by atoms with Crippen molar-refractivity contribution < 1.29 is 19.4 Å². The van der Waals surface area contributed by atoms with Gasteiger partial charge in [0.25, 0.3) is 5.91 Å². The number of carboxylic acids is 1. The molecule has 2 rings (SSSR count). The topological polar surface area (TPSA) is 117 Å². The fourth-order valence-corrected chi connectivity index (χ4v) is 3.38. The number of hydrogen-bond donors (Lipinski definition) is 3. The highest BCUT2D eigenvalue weighted by Crippen LogP contribution is 2.23. The number of rotatable bonds is 13. The lowest BCUT2D eigenvalue weighted by molar-refractivity contribution is -0.137. The van der Waals surface area contributed by atoms with Gasteiger partial charge in [0.2, 0.25) is 0 Å². The Kier molecular flexibility index (Phi) is 10.1. The van der Waals surface area contributed by atoms with E-state index < -0.39 is 5.97 Å². The van der Waals surface area contributed by atoms with Crippen LogP contribution in [0.4, 0.5) is 0 Å². The van der Waals surface area contributed by atoms with Gasteiger partial charge in [0, 0.05) is 48.1 Å². The molecule has 33 heavy (non-hydrogen) atoms. The molecule has 0 saturated carbocycles. The van der Waals surface area contributed by atoms with Crippen LogP contribution in [0.2, 0.25) is 0 Å². The maximum absolute atomic E-state index is 13.3. The van der Waals surface area contributed by atoms with Gasteiger partial charge in [-0.1, -0.05) is 30.3 Å². The van der Waals surface area contributed by atoms with Crippen molar-refractivity contribution in [1.82, 2.24) is 4.90 Å². The average Bonchev–Trinajstić information content (AvgIpc) is 2.81. The van der Waals surface area contributed by atoms with Crippen molar-refractivity contribution >= 4 is 23.7 Å². The van der Waals surface area contributed by atoms with Gasteiger partial charge in [0.05, 0.1) is 6.61 Å². The number of carbonyl (C=O) groups is 2. The average molecular weight is 452 g/mol. The number of aliphatic carboxylic acids is 1. The summed E-state index contributed by atoms with van der Waals surface area (Å²) < 4.78 is 5.95. The van der Waals surface area contributed by atoms with Crippen molar-refractivity contribution in [3.05, 3.63) is 71.4 Å². The summed E-state index contributed by atoms with van der Waals surface area (Å²) in [6.45, 7) is 4.85. The van der Waals surface area contributed by atoms with Crippen molar-refractivity contribution in [1.29, 1.82) is 5.41 Å². The Bertz CT molecular complexity index is 968. The fourth-order valence-electron chi connectivity index (χ4n) is 3.38. The zero-order valence-electron chi connectivity index (χ0n) is 19.3. The monoisotopic (exact) mass is 451 g/mol. The highest BCUT2D eigenvalue weighted by Gasteiger charge is 2.20. The van der Waals surface area contributed by atoms with Crippen LogP contribution in [0.15, 0.2) is 54.7 Å². The van der Waals surface area contributed by atoms with Crippen molar-refractivity contribution in [3.8, 4) is 5.75 Å². The van der Waals surface area contributed by atoms with E-state index >= 15 is 0 Å². The first kappa shape index (κ1) is 25.6. The van der Waals surface area contributed by atoms with Crippen LogP contribution in [0.5, 0.6) is 5.75 Å². The number of unbranched alkanes of at least 4 members (excludes halogenated alkanes) is 2. The molecule has 0 aromatic heterocycles. The molecule has 0 aliphatic rings. The van der Waals surface area contributed by atoms with Gasteiger partial charge in [0.1, 0.15) is 5.75 Å². The van der Waals surface area contributed by atoms with Crippen LogP contribution < -0.4 is 10.5 Å². The molecule has 0 bridgehead atoms. The Morgan fingerprint density at radius 3 is 2.33 bits per heavy atom. The summed E-state index contributed by atoms with van der Waals surface area (Å²) in [4.78, 5) is 25.7. The smallest absolute Gasteiger partial charge is 0.303 e. The molecule has 0 spiro atoms. The van der Waals surface area contributed by atoms with Gasteiger partial charge < -0.3 is 25.9 Å². The lowest BCUT2D eigenvalue weighted by Gasteiger charge is -2.28. The quantitative estimate of drug-likeness (QED) is 0.301. The van der Waals surface area contributed by atoms with E-state index in [1.807, 2.05) is 38.1 Å². The van der Waals surface area contributed by atoms with E-state index in [4.69, 9.17) is 21.0 Å². The fraction of sp³-hybridized carbons (Fsp3) is 0.346. The molecule has 0 heterocycles. The Balaban J connectivity index is 2.08. The molecule has 0 radical (unpaired) electrons. The first-order valence-corrected chi connectivity index (χ1v) is 11.1. The van der Waals surface area contributed by atoms with Crippen molar-refractivity contribution in [2.75, 3.05) is 6.61 Å². The Hall–Kier alpha value is -3.61. The summed E-state index contributed by atoms with van der Waals surface area (Å²) in [5.74, 6) is -0.137. The largest absolute Gasteiger partial charge is 0.493 e. The van der Waals surface area contributed by atoms with Crippen molar-refractivity contribution in [2.24, 2.45) is 5.73 Å². The summed E-state index contributed by atoms with van der Waals surface area (Å²) in [7, 11) is 0. The van der Waals surface area contributed by atoms with Crippen LogP contribution >= 0.6 is 0 Å². The van der Waals surface area contributed by atoms with Gasteiger partial charge in [-0.25, -0.2) is 0 Å². The summed E-state index contributed by atoms with van der Waals surface area (Å²) in [5.41, 5.74) is 8.39. The first-order chi connectivity index (χ1) is 15.9. The minimum Gasteiger partial charge on any atom is -0.493 e. The molecule has 4 N–H and O–H groups in total. The molecule has 0 unspecified atom stereocenters. The summed E-state index contributed by atoms with van der Waals surface area (Å²) in [6, 6.07) is 14.7. The molecule has 176 valence electrons. The molecule has 7 heteroatoms. The normalized spacial score (nSPS) is 11.3. The molecule has 2 aromatic rings. The number of benzene rings is 2. The third-order valence-electron chi connectivity index (χ3n) is 5.29. The predicted octanol–water partition coefficient (Wildman–Crippen LogP) is 4.71. The molecule has 0 fully saturated rings. The third kappa shape index (κ3) is 7.79. The van der Waals surface area contributed by atoms with Gasteiger partial charge in [-0.2, -0.15) is 0 Å². The summed E-state index contributed by atoms with van der Waals surface area (Å²) in [5, 5.41) is 16.1. The number of hydrogen-bond acceptors (Lipinski definition) is 5. The molecule has 0 aliphatic carbocycles. The molecular weight excluding hydrogens is 418 g/mol. The van der Waals surface area contributed by atoms with Gasteiger partial charge >= 0.3 is 5.97 Å². The Morgan fingerprint density at radius 2 is 1.73 bits per heavy atom. The zero-order chi connectivity index (χ0) is 24.2. The van der Waals surface area contributed by atoms with E-state index in [1.54, 1.807) is 29.2 Å². The van der Waals surface area contributed by atoms with Crippen LogP contribution in [0.25, 0.3) is 5.57 Å². The van der Waals surface area contributed by atoms with Crippen molar-refractivity contribution in [2.45, 2.75) is 52.1 Å². The van der Waals surface area contributed by atoms with Gasteiger partial charge in [-0.05, 0) is 56.9 Å². The maximum atomic E-state index is 13.3.